The molecular formula is C13H19ClFN. The third-order valence-electron chi connectivity index (χ3n) is 2.71. The second kappa shape index (κ2) is 6.87. The van der Waals surface area contributed by atoms with Gasteiger partial charge >= 0.3 is 0 Å². The van der Waals surface area contributed by atoms with Gasteiger partial charge < -0.3 is 5.32 Å². The molecule has 1 atom stereocenters. The highest BCUT2D eigenvalue weighted by molar-refractivity contribution is 6.17. The molecule has 0 bridgehead atoms. The zero-order valence-corrected chi connectivity index (χ0v) is 10.6. The first-order valence-electron chi connectivity index (χ1n) is 5.65. The Morgan fingerprint density at radius 3 is 2.81 bits per heavy atom. The summed E-state index contributed by atoms with van der Waals surface area (Å²) in [7, 11) is 0. The predicted molar refractivity (Wildman–Crippen MR) is 67.3 cm³/mol. The van der Waals surface area contributed by atoms with Crippen LogP contribution in [0.3, 0.4) is 0 Å². The van der Waals surface area contributed by atoms with Crippen molar-refractivity contribution in [1.29, 1.82) is 0 Å². The fourth-order valence-corrected chi connectivity index (χ4v) is 1.97. The molecule has 1 aromatic carbocycles. The molecule has 1 unspecified atom stereocenters. The third kappa shape index (κ3) is 4.50. The Morgan fingerprint density at radius 1 is 1.44 bits per heavy atom. The van der Waals surface area contributed by atoms with Crippen molar-refractivity contribution in [2.45, 2.75) is 26.8 Å². The van der Waals surface area contributed by atoms with Crippen molar-refractivity contribution in [3.63, 3.8) is 0 Å². The van der Waals surface area contributed by atoms with Gasteiger partial charge in [0.2, 0.25) is 0 Å². The van der Waals surface area contributed by atoms with Crippen LogP contribution in [0.15, 0.2) is 18.2 Å². The van der Waals surface area contributed by atoms with E-state index in [0.29, 0.717) is 11.8 Å². The fraction of sp³-hybridized carbons (Fsp3) is 0.538. The van der Waals surface area contributed by atoms with Gasteiger partial charge in [-0.15, -0.1) is 11.6 Å². The third-order valence-corrected chi connectivity index (χ3v) is 2.93. The smallest absolute Gasteiger partial charge is 0.123 e. The molecule has 90 valence electrons. The van der Waals surface area contributed by atoms with Crippen LogP contribution < -0.4 is 5.32 Å². The first kappa shape index (κ1) is 13.5. The number of hydrogen-bond donors (Lipinski definition) is 1. The van der Waals surface area contributed by atoms with E-state index < -0.39 is 0 Å². The van der Waals surface area contributed by atoms with Gasteiger partial charge in [0.15, 0.2) is 0 Å². The normalized spacial score (nSPS) is 12.8. The summed E-state index contributed by atoms with van der Waals surface area (Å²) in [6.07, 6.45) is 1.02. The van der Waals surface area contributed by atoms with Gasteiger partial charge in [0, 0.05) is 12.4 Å². The molecule has 1 aromatic rings. The maximum absolute atomic E-state index is 12.9. The van der Waals surface area contributed by atoms with Gasteiger partial charge in [-0.2, -0.15) is 0 Å². The summed E-state index contributed by atoms with van der Waals surface area (Å²) in [5, 5.41) is 3.37. The lowest BCUT2D eigenvalue weighted by molar-refractivity contribution is 0.501. The Bertz CT molecular complexity index is 328. The summed E-state index contributed by atoms with van der Waals surface area (Å²) in [4.78, 5) is 0. The van der Waals surface area contributed by atoms with Crippen molar-refractivity contribution < 1.29 is 4.39 Å². The summed E-state index contributed by atoms with van der Waals surface area (Å²) >= 11 is 5.67. The molecule has 0 saturated heterocycles. The van der Waals surface area contributed by atoms with Crippen molar-refractivity contribution in [3.8, 4) is 0 Å². The van der Waals surface area contributed by atoms with Gasteiger partial charge in [-0.1, -0.05) is 13.0 Å². The molecule has 0 fully saturated rings. The Morgan fingerprint density at radius 2 is 2.19 bits per heavy atom. The second-order valence-corrected chi connectivity index (χ2v) is 4.66. The van der Waals surface area contributed by atoms with Crippen LogP contribution in [0.25, 0.3) is 0 Å². The molecule has 1 nitrogen and oxygen atoms in total. The van der Waals surface area contributed by atoms with Crippen LogP contribution in [0.1, 0.15) is 24.5 Å². The molecule has 0 heterocycles. The number of benzene rings is 1. The van der Waals surface area contributed by atoms with E-state index in [9.17, 15) is 4.39 Å². The van der Waals surface area contributed by atoms with E-state index in [2.05, 4.69) is 12.2 Å². The van der Waals surface area contributed by atoms with Crippen LogP contribution in [0.4, 0.5) is 4.39 Å². The van der Waals surface area contributed by atoms with Gasteiger partial charge in [-0.05, 0) is 49.1 Å². The minimum atomic E-state index is -0.170. The highest BCUT2D eigenvalue weighted by atomic mass is 35.5. The predicted octanol–water partition coefficient (Wildman–Crippen LogP) is 3.49. The zero-order chi connectivity index (χ0) is 12.0. The van der Waals surface area contributed by atoms with E-state index in [4.69, 9.17) is 11.6 Å². The highest BCUT2D eigenvalue weighted by Gasteiger charge is 2.02. The molecule has 0 aromatic heterocycles. The van der Waals surface area contributed by atoms with Crippen LogP contribution in [0.2, 0.25) is 0 Å². The molecule has 16 heavy (non-hydrogen) atoms. The van der Waals surface area contributed by atoms with Gasteiger partial charge in [-0.25, -0.2) is 4.39 Å². The number of alkyl halides is 1. The van der Waals surface area contributed by atoms with Gasteiger partial charge in [0.25, 0.3) is 0 Å². The number of nitrogens with one attached hydrogen (secondary N) is 1. The van der Waals surface area contributed by atoms with E-state index in [1.54, 1.807) is 6.07 Å². The van der Waals surface area contributed by atoms with E-state index in [1.807, 2.05) is 13.0 Å². The molecule has 0 saturated carbocycles. The van der Waals surface area contributed by atoms with Gasteiger partial charge in [0.1, 0.15) is 5.82 Å². The summed E-state index contributed by atoms with van der Waals surface area (Å²) < 4.78 is 12.9. The molecule has 0 aliphatic carbocycles. The topological polar surface area (TPSA) is 12.0 Å². The molecule has 0 amide bonds. The number of hydrogen-bond acceptors (Lipinski definition) is 1. The standard InChI is InChI=1S/C13H19ClFN/c1-10(5-6-14)8-16-9-12-3-4-13(15)7-11(12)2/h3-4,7,10,16H,5-6,8-9H2,1-2H3. The summed E-state index contributed by atoms with van der Waals surface area (Å²) in [5.74, 6) is 1.12. The van der Waals surface area contributed by atoms with Crippen molar-refractivity contribution in [2.24, 2.45) is 5.92 Å². The number of aryl methyl sites for hydroxylation is 1. The summed E-state index contributed by atoms with van der Waals surface area (Å²) in [6.45, 7) is 5.84. The molecule has 3 heteroatoms. The molecule has 0 aliphatic heterocycles. The van der Waals surface area contributed by atoms with Crippen LogP contribution in [-0.4, -0.2) is 12.4 Å². The summed E-state index contributed by atoms with van der Waals surface area (Å²) in [5.41, 5.74) is 2.15. The molecule has 1 rings (SSSR count). The van der Waals surface area contributed by atoms with Gasteiger partial charge in [-0.3, -0.25) is 0 Å². The molecule has 0 spiro atoms. The van der Waals surface area contributed by atoms with Crippen molar-refractivity contribution in [3.05, 3.63) is 35.1 Å². The average Bonchev–Trinajstić information content (AvgIpc) is 2.22. The Kier molecular flexibility index (Phi) is 5.78. The first-order valence-corrected chi connectivity index (χ1v) is 6.18. The van der Waals surface area contributed by atoms with Crippen molar-refractivity contribution >= 4 is 11.6 Å². The SMILES string of the molecule is Cc1cc(F)ccc1CNCC(C)CCCl. The molecule has 0 aliphatic rings. The van der Waals surface area contributed by atoms with E-state index >= 15 is 0 Å². The largest absolute Gasteiger partial charge is 0.312 e. The quantitative estimate of drug-likeness (QED) is 0.755. The van der Waals surface area contributed by atoms with E-state index in [0.717, 1.165) is 30.6 Å². The second-order valence-electron chi connectivity index (χ2n) is 4.28. The van der Waals surface area contributed by atoms with Crippen molar-refractivity contribution in [2.75, 3.05) is 12.4 Å². The summed E-state index contributed by atoms with van der Waals surface area (Å²) in [6, 6.07) is 4.91. The lowest BCUT2D eigenvalue weighted by Gasteiger charge is -2.12. The Hall–Kier alpha value is -0.600. The lowest BCUT2D eigenvalue weighted by atomic mass is 10.1. The molecule has 0 radical (unpaired) electrons. The number of rotatable bonds is 6. The fourth-order valence-electron chi connectivity index (χ4n) is 1.60. The highest BCUT2D eigenvalue weighted by Crippen LogP contribution is 2.10. The first-order chi connectivity index (χ1) is 7.63. The van der Waals surface area contributed by atoms with Crippen LogP contribution in [0.5, 0.6) is 0 Å². The molecule has 1 N–H and O–H groups in total. The minimum Gasteiger partial charge on any atom is -0.312 e. The van der Waals surface area contributed by atoms with Crippen LogP contribution >= 0.6 is 11.6 Å². The Balaban J connectivity index is 2.37. The van der Waals surface area contributed by atoms with E-state index in [-0.39, 0.29) is 5.82 Å². The minimum absolute atomic E-state index is 0.170. The monoisotopic (exact) mass is 243 g/mol. The maximum Gasteiger partial charge on any atom is 0.123 e. The number of halogens is 2. The van der Waals surface area contributed by atoms with E-state index in [1.165, 1.54) is 6.07 Å². The molecular weight excluding hydrogens is 225 g/mol. The average molecular weight is 244 g/mol. The zero-order valence-electron chi connectivity index (χ0n) is 9.89. The van der Waals surface area contributed by atoms with Gasteiger partial charge in [0.05, 0.1) is 0 Å². The lowest BCUT2D eigenvalue weighted by Crippen LogP contribution is -2.21. The van der Waals surface area contributed by atoms with Crippen LogP contribution in [0, 0.1) is 18.7 Å². The maximum atomic E-state index is 12.9. The Labute approximate surface area is 102 Å². The van der Waals surface area contributed by atoms with Crippen molar-refractivity contribution in [1.82, 2.24) is 5.32 Å². The van der Waals surface area contributed by atoms with Crippen LogP contribution in [-0.2, 0) is 6.54 Å².